The van der Waals surface area contributed by atoms with Crippen LogP contribution in [0.25, 0.3) is 0 Å². The maximum absolute atomic E-state index is 5.90. The molecule has 0 amide bonds. The van der Waals surface area contributed by atoms with E-state index in [9.17, 15) is 0 Å². The summed E-state index contributed by atoms with van der Waals surface area (Å²) in [5, 5.41) is 4.24. The van der Waals surface area contributed by atoms with Crippen molar-refractivity contribution in [2.45, 2.75) is 31.8 Å². The van der Waals surface area contributed by atoms with E-state index in [1.54, 1.807) is 0 Å². The second-order valence-corrected chi connectivity index (χ2v) is 4.21. The summed E-state index contributed by atoms with van der Waals surface area (Å²) in [6, 6.07) is 6.49. The fraction of sp³-hybridized carbons (Fsp3) is 0.455. The predicted molar refractivity (Wildman–Crippen MR) is 60.6 cm³/mol. The molecule has 1 fully saturated rings. The summed E-state index contributed by atoms with van der Waals surface area (Å²) in [6.07, 6.45) is 3.88. The fourth-order valence-corrected chi connectivity index (χ4v) is 1.84. The zero-order valence-electron chi connectivity index (χ0n) is 8.09. The van der Waals surface area contributed by atoms with Crippen molar-refractivity contribution < 1.29 is 0 Å². The van der Waals surface area contributed by atoms with Crippen LogP contribution in [0.3, 0.4) is 0 Å². The van der Waals surface area contributed by atoms with Crippen LogP contribution in [0.1, 0.15) is 24.8 Å². The van der Waals surface area contributed by atoms with Crippen LogP contribution in [0, 0.1) is 0 Å². The Bertz CT molecular complexity index is 321. The molecule has 1 aromatic carbocycles. The summed E-state index contributed by atoms with van der Waals surface area (Å²) >= 11 is 5.90. The van der Waals surface area contributed by atoms with Crippen LogP contribution in [-0.4, -0.2) is 6.04 Å². The van der Waals surface area contributed by atoms with E-state index in [1.165, 1.54) is 19.3 Å². The van der Waals surface area contributed by atoms with Gasteiger partial charge in [-0.15, -0.1) is 0 Å². The minimum Gasteiger partial charge on any atom is -0.382 e. The Morgan fingerprint density at radius 1 is 1.43 bits per heavy atom. The summed E-state index contributed by atoms with van der Waals surface area (Å²) in [5.41, 5.74) is 7.90. The van der Waals surface area contributed by atoms with Gasteiger partial charge in [0.15, 0.2) is 0 Å². The van der Waals surface area contributed by atoms with Gasteiger partial charge in [-0.2, -0.15) is 0 Å². The highest BCUT2D eigenvalue weighted by Gasteiger charge is 2.17. The summed E-state index contributed by atoms with van der Waals surface area (Å²) in [7, 11) is 0. The van der Waals surface area contributed by atoms with Crippen LogP contribution >= 0.6 is 11.6 Å². The summed E-state index contributed by atoms with van der Waals surface area (Å²) in [6.45, 7) is 0.537. The van der Waals surface area contributed by atoms with Crippen molar-refractivity contribution in [1.29, 1.82) is 0 Å². The second kappa shape index (κ2) is 4.20. The molecule has 14 heavy (non-hydrogen) atoms. The molecule has 1 aliphatic rings. The number of hydrogen-bond donors (Lipinski definition) is 2. The molecular weight excluding hydrogens is 196 g/mol. The van der Waals surface area contributed by atoms with Gasteiger partial charge >= 0.3 is 0 Å². The lowest BCUT2D eigenvalue weighted by Crippen LogP contribution is -2.27. The highest BCUT2D eigenvalue weighted by atomic mass is 35.5. The van der Waals surface area contributed by atoms with Crippen molar-refractivity contribution in [1.82, 2.24) is 0 Å². The maximum atomic E-state index is 5.90. The third kappa shape index (κ3) is 2.02. The lowest BCUT2D eigenvalue weighted by Gasteiger charge is -2.28. The number of nitrogens with one attached hydrogen (secondary N) is 1. The van der Waals surface area contributed by atoms with Crippen molar-refractivity contribution in [3.05, 3.63) is 28.8 Å². The van der Waals surface area contributed by atoms with Gasteiger partial charge < -0.3 is 11.1 Å². The van der Waals surface area contributed by atoms with E-state index in [2.05, 4.69) is 5.32 Å². The molecule has 0 aliphatic heterocycles. The standard InChI is InChI=1S/C11H15ClN2/c12-9-4-5-11(8(6-9)7-13)14-10-2-1-3-10/h4-6,10,14H,1-3,7,13H2. The number of benzene rings is 1. The van der Waals surface area contributed by atoms with Crippen LogP contribution in [0.2, 0.25) is 5.02 Å². The molecule has 0 saturated heterocycles. The van der Waals surface area contributed by atoms with Gasteiger partial charge in [-0.05, 0) is 43.0 Å². The third-order valence-electron chi connectivity index (χ3n) is 2.75. The average molecular weight is 211 g/mol. The van der Waals surface area contributed by atoms with Crippen molar-refractivity contribution in [3.8, 4) is 0 Å². The quantitative estimate of drug-likeness (QED) is 0.805. The van der Waals surface area contributed by atoms with E-state index in [-0.39, 0.29) is 0 Å². The molecule has 1 aliphatic carbocycles. The number of nitrogens with two attached hydrogens (primary N) is 1. The SMILES string of the molecule is NCc1cc(Cl)ccc1NC1CCC1. The number of rotatable bonds is 3. The number of hydrogen-bond acceptors (Lipinski definition) is 2. The van der Waals surface area contributed by atoms with E-state index in [4.69, 9.17) is 17.3 Å². The van der Waals surface area contributed by atoms with Crippen LogP contribution in [0.15, 0.2) is 18.2 Å². The van der Waals surface area contributed by atoms with Gasteiger partial charge in [0.25, 0.3) is 0 Å². The molecule has 0 heterocycles. The molecule has 2 rings (SSSR count). The maximum Gasteiger partial charge on any atom is 0.0410 e. The first-order valence-corrected chi connectivity index (χ1v) is 5.42. The summed E-state index contributed by atoms with van der Waals surface area (Å²) in [5.74, 6) is 0. The molecule has 0 bridgehead atoms. The van der Waals surface area contributed by atoms with Crippen molar-refractivity contribution >= 4 is 17.3 Å². The highest BCUT2D eigenvalue weighted by Crippen LogP contribution is 2.26. The van der Waals surface area contributed by atoms with Crippen LogP contribution in [-0.2, 0) is 6.54 Å². The second-order valence-electron chi connectivity index (χ2n) is 3.78. The molecule has 0 atom stereocenters. The molecule has 0 unspecified atom stereocenters. The molecule has 1 saturated carbocycles. The Morgan fingerprint density at radius 3 is 2.79 bits per heavy atom. The number of anilines is 1. The Kier molecular flexibility index (Phi) is 2.94. The zero-order valence-corrected chi connectivity index (χ0v) is 8.85. The van der Waals surface area contributed by atoms with Crippen LogP contribution in [0.5, 0.6) is 0 Å². The molecule has 2 nitrogen and oxygen atoms in total. The Morgan fingerprint density at radius 2 is 2.21 bits per heavy atom. The van der Waals surface area contributed by atoms with E-state index >= 15 is 0 Å². The van der Waals surface area contributed by atoms with Gasteiger partial charge in [0.1, 0.15) is 0 Å². The first kappa shape index (κ1) is 9.81. The predicted octanol–water partition coefficient (Wildman–Crippen LogP) is 2.76. The molecule has 76 valence electrons. The van der Waals surface area contributed by atoms with E-state index in [1.807, 2.05) is 18.2 Å². The van der Waals surface area contributed by atoms with Crippen molar-refractivity contribution in [3.63, 3.8) is 0 Å². The van der Waals surface area contributed by atoms with Gasteiger partial charge in [0.05, 0.1) is 0 Å². The van der Waals surface area contributed by atoms with E-state index in [0.29, 0.717) is 12.6 Å². The van der Waals surface area contributed by atoms with E-state index < -0.39 is 0 Å². The summed E-state index contributed by atoms with van der Waals surface area (Å²) in [4.78, 5) is 0. The minimum atomic E-state index is 0.537. The molecule has 3 N–H and O–H groups in total. The fourth-order valence-electron chi connectivity index (χ4n) is 1.64. The van der Waals surface area contributed by atoms with Crippen molar-refractivity contribution in [2.24, 2.45) is 5.73 Å². The van der Waals surface area contributed by atoms with Crippen LogP contribution < -0.4 is 11.1 Å². The lowest BCUT2D eigenvalue weighted by atomic mass is 9.92. The Balaban J connectivity index is 2.14. The van der Waals surface area contributed by atoms with E-state index in [0.717, 1.165) is 16.3 Å². The largest absolute Gasteiger partial charge is 0.382 e. The first-order chi connectivity index (χ1) is 6.79. The van der Waals surface area contributed by atoms with Crippen LogP contribution in [0.4, 0.5) is 5.69 Å². The van der Waals surface area contributed by atoms with Crippen molar-refractivity contribution in [2.75, 3.05) is 5.32 Å². The Hall–Kier alpha value is -0.730. The minimum absolute atomic E-state index is 0.537. The molecule has 0 spiro atoms. The van der Waals surface area contributed by atoms with Gasteiger partial charge in [-0.3, -0.25) is 0 Å². The molecular formula is C11H15ClN2. The Labute approximate surface area is 89.4 Å². The lowest BCUT2D eigenvalue weighted by molar-refractivity contribution is 0.445. The molecule has 1 aromatic rings. The first-order valence-electron chi connectivity index (χ1n) is 5.04. The average Bonchev–Trinajstić information content (AvgIpc) is 2.13. The monoisotopic (exact) mass is 210 g/mol. The summed E-state index contributed by atoms with van der Waals surface area (Å²) < 4.78 is 0. The normalized spacial score (nSPS) is 16.4. The number of halogens is 1. The third-order valence-corrected chi connectivity index (χ3v) is 2.99. The molecule has 0 aromatic heterocycles. The topological polar surface area (TPSA) is 38.0 Å². The van der Waals surface area contributed by atoms with Gasteiger partial charge in [-0.1, -0.05) is 11.6 Å². The smallest absolute Gasteiger partial charge is 0.0410 e. The zero-order chi connectivity index (χ0) is 9.97. The molecule has 3 heteroatoms. The van der Waals surface area contributed by atoms with Gasteiger partial charge in [0.2, 0.25) is 0 Å². The van der Waals surface area contributed by atoms with Gasteiger partial charge in [-0.25, -0.2) is 0 Å². The molecule has 0 radical (unpaired) electrons. The highest BCUT2D eigenvalue weighted by molar-refractivity contribution is 6.30. The van der Waals surface area contributed by atoms with Gasteiger partial charge in [0, 0.05) is 23.3 Å².